The molecule has 1 aromatic rings. The minimum absolute atomic E-state index is 0.294. The molecule has 0 bridgehead atoms. The maximum absolute atomic E-state index is 9.60. The first-order chi connectivity index (χ1) is 6.38. The highest BCUT2D eigenvalue weighted by atomic mass is 16.3. The lowest BCUT2D eigenvalue weighted by molar-refractivity contribution is 0.381. The summed E-state index contributed by atoms with van der Waals surface area (Å²) in [6, 6.07) is 7.80. The Morgan fingerprint density at radius 3 is 2.85 bits per heavy atom. The zero-order chi connectivity index (χ0) is 9.10. The molecule has 0 amide bonds. The molecule has 1 unspecified atom stereocenters. The van der Waals surface area contributed by atoms with Gasteiger partial charge in [-0.3, -0.25) is 5.32 Å². The Bertz CT molecular complexity index is 282. The van der Waals surface area contributed by atoms with Crippen LogP contribution in [0.1, 0.15) is 18.0 Å². The molecule has 1 aliphatic rings. The summed E-state index contributed by atoms with van der Waals surface area (Å²) in [6.07, 6.45) is 1.03. The highest BCUT2D eigenvalue weighted by Crippen LogP contribution is 2.26. The number of benzene rings is 1. The van der Waals surface area contributed by atoms with E-state index in [2.05, 4.69) is 10.6 Å². The number of hydrogen-bond acceptors (Lipinski definition) is 3. The van der Waals surface area contributed by atoms with E-state index in [0.717, 1.165) is 25.2 Å². The third-order valence-electron chi connectivity index (χ3n) is 2.40. The third kappa shape index (κ3) is 1.82. The topological polar surface area (TPSA) is 44.3 Å². The molecule has 0 aliphatic carbocycles. The van der Waals surface area contributed by atoms with Crippen LogP contribution < -0.4 is 10.6 Å². The molecule has 13 heavy (non-hydrogen) atoms. The first-order valence-corrected chi connectivity index (χ1v) is 4.60. The summed E-state index contributed by atoms with van der Waals surface area (Å²) >= 11 is 0. The molecule has 2 rings (SSSR count). The predicted octanol–water partition coefficient (Wildman–Crippen LogP) is 0.974. The van der Waals surface area contributed by atoms with Crippen LogP contribution >= 0.6 is 0 Å². The van der Waals surface area contributed by atoms with E-state index in [1.165, 1.54) is 0 Å². The fourth-order valence-corrected chi connectivity index (χ4v) is 1.68. The summed E-state index contributed by atoms with van der Waals surface area (Å²) in [6.45, 7) is 1.82. The minimum atomic E-state index is 0.294. The Morgan fingerprint density at radius 1 is 1.31 bits per heavy atom. The van der Waals surface area contributed by atoms with Crippen LogP contribution in [0.3, 0.4) is 0 Å². The molecule has 1 atom stereocenters. The van der Waals surface area contributed by atoms with Crippen molar-refractivity contribution < 1.29 is 5.11 Å². The molecule has 0 radical (unpaired) electrons. The largest absolute Gasteiger partial charge is 0.508 e. The summed E-state index contributed by atoms with van der Waals surface area (Å²) in [5.74, 6) is 0.391. The lowest BCUT2D eigenvalue weighted by Crippen LogP contribution is -2.39. The third-order valence-corrected chi connectivity index (χ3v) is 2.40. The monoisotopic (exact) mass is 178 g/mol. The van der Waals surface area contributed by atoms with Gasteiger partial charge < -0.3 is 10.4 Å². The molecule has 0 aromatic heterocycles. The average molecular weight is 178 g/mol. The van der Waals surface area contributed by atoms with Gasteiger partial charge in [0.1, 0.15) is 5.75 Å². The van der Waals surface area contributed by atoms with Gasteiger partial charge in [0.25, 0.3) is 0 Å². The van der Waals surface area contributed by atoms with Gasteiger partial charge >= 0.3 is 0 Å². The van der Waals surface area contributed by atoms with Gasteiger partial charge in [-0.2, -0.15) is 0 Å². The number of aromatic hydroxyl groups is 1. The Hall–Kier alpha value is -1.06. The van der Waals surface area contributed by atoms with Gasteiger partial charge in [-0.15, -0.1) is 0 Å². The standard InChI is InChI=1S/C10H14N2O/c13-10-4-2-1-3-8(10)9-5-6-11-7-12-9/h1-4,9,11-13H,5-7H2. The summed E-state index contributed by atoms with van der Waals surface area (Å²) in [5.41, 5.74) is 1.00. The second-order valence-corrected chi connectivity index (χ2v) is 3.28. The Labute approximate surface area is 77.8 Å². The first kappa shape index (κ1) is 8.53. The summed E-state index contributed by atoms with van der Waals surface area (Å²) in [4.78, 5) is 0. The van der Waals surface area contributed by atoms with Gasteiger partial charge in [-0.25, -0.2) is 0 Å². The second-order valence-electron chi connectivity index (χ2n) is 3.28. The lowest BCUT2D eigenvalue weighted by Gasteiger charge is -2.25. The van der Waals surface area contributed by atoms with E-state index in [4.69, 9.17) is 0 Å². The zero-order valence-corrected chi connectivity index (χ0v) is 7.46. The Morgan fingerprint density at radius 2 is 2.15 bits per heavy atom. The van der Waals surface area contributed by atoms with Crippen LogP contribution in [0.25, 0.3) is 0 Å². The van der Waals surface area contributed by atoms with Crippen LogP contribution in [0.5, 0.6) is 5.75 Å². The molecule has 1 aliphatic heterocycles. The van der Waals surface area contributed by atoms with E-state index in [0.29, 0.717) is 11.8 Å². The molecule has 0 spiro atoms. The number of hydrogen-bond donors (Lipinski definition) is 3. The fraction of sp³-hybridized carbons (Fsp3) is 0.400. The van der Waals surface area contributed by atoms with Crippen LogP contribution in [-0.2, 0) is 0 Å². The molecule has 3 N–H and O–H groups in total. The highest BCUT2D eigenvalue weighted by Gasteiger charge is 2.16. The van der Waals surface area contributed by atoms with Crippen molar-refractivity contribution in [3.8, 4) is 5.75 Å². The summed E-state index contributed by atoms with van der Waals surface area (Å²) < 4.78 is 0. The van der Waals surface area contributed by atoms with Crippen molar-refractivity contribution in [1.82, 2.24) is 10.6 Å². The van der Waals surface area contributed by atoms with Gasteiger partial charge in [0.05, 0.1) is 0 Å². The van der Waals surface area contributed by atoms with Crippen molar-refractivity contribution in [3.63, 3.8) is 0 Å². The second kappa shape index (κ2) is 3.77. The van der Waals surface area contributed by atoms with Gasteiger partial charge in [0.15, 0.2) is 0 Å². The normalized spacial score (nSPS) is 22.9. The van der Waals surface area contributed by atoms with E-state index in [9.17, 15) is 5.11 Å². The number of rotatable bonds is 1. The average Bonchev–Trinajstić information content (AvgIpc) is 2.20. The molecule has 1 heterocycles. The Kier molecular flexibility index (Phi) is 2.47. The quantitative estimate of drug-likeness (QED) is 0.600. The van der Waals surface area contributed by atoms with E-state index in [-0.39, 0.29) is 0 Å². The molecular weight excluding hydrogens is 164 g/mol. The molecule has 1 fully saturated rings. The van der Waals surface area contributed by atoms with Crippen LogP contribution in [0.4, 0.5) is 0 Å². The van der Waals surface area contributed by atoms with E-state index in [1.807, 2.05) is 18.2 Å². The predicted molar refractivity (Wildman–Crippen MR) is 51.5 cm³/mol. The fourth-order valence-electron chi connectivity index (χ4n) is 1.68. The minimum Gasteiger partial charge on any atom is -0.508 e. The molecule has 1 saturated heterocycles. The molecular formula is C10H14N2O. The lowest BCUT2D eigenvalue weighted by atomic mass is 10.0. The number of para-hydroxylation sites is 1. The van der Waals surface area contributed by atoms with Crippen LogP contribution in [0, 0.1) is 0 Å². The summed E-state index contributed by atoms with van der Waals surface area (Å²) in [7, 11) is 0. The summed E-state index contributed by atoms with van der Waals surface area (Å²) in [5, 5.41) is 16.1. The van der Waals surface area contributed by atoms with Crippen LogP contribution in [0.2, 0.25) is 0 Å². The zero-order valence-electron chi connectivity index (χ0n) is 7.46. The Balaban J connectivity index is 2.18. The maximum atomic E-state index is 9.60. The van der Waals surface area contributed by atoms with Crippen molar-refractivity contribution in [2.24, 2.45) is 0 Å². The highest BCUT2D eigenvalue weighted by molar-refractivity contribution is 5.34. The van der Waals surface area contributed by atoms with Crippen molar-refractivity contribution in [2.75, 3.05) is 13.2 Å². The molecule has 3 heteroatoms. The number of nitrogens with one attached hydrogen (secondary N) is 2. The van der Waals surface area contributed by atoms with Crippen LogP contribution in [-0.4, -0.2) is 18.3 Å². The molecule has 3 nitrogen and oxygen atoms in total. The SMILES string of the molecule is Oc1ccccc1C1CCNCN1. The molecule has 1 aromatic carbocycles. The first-order valence-electron chi connectivity index (χ1n) is 4.60. The van der Waals surface area contributed by atoms with Crippen molar-refractivity contribution in [1.29, 1.82) is 0 Å². The van der Waals surface area contributed by atoms with Gasteiger partial charge in [0, 0.05) is 18.3 Å². The van der Waals surface area contributed by atoms with Crippen LogP contribution in [0.15, 0.2) is 24.3 Å². The van der Waals surface area contributed by atoms with E-state index < -0.39 is 0 Å². The van der Waals surface area contributed by atoms with E-state index in [1.54, 1.807) is 6.07 Å². The van der Waals surface area contributed by atoms with Crippen molar-refractivity contribution in [3.05, 3.63) is 29.8 Å². The number of phenols is 1. The van der Waals surface area contributed by atoms with Crippen molar-refractivity contribution >= 4 is 0 Å². The van der Waals surface area contributed by atoms with Gasteiger partial charge in [-0.05, 0) is 19.0 Å². The smallest absolute Gasteiger partial charge is 0.120 e. The molecule has 70 valence electrons. The van der Waals surface area contributed by atoms with Gasteiger partial charge in [-0.1, -0.05) is 18.2 Å². The maximum Gasteiger partial charge on any atom is 0.120 e. The molecule has 0 saturated carbocycles. The van der Waals surface area contributed by atoms with Gasteiger partial charge in [0.2, 0.25) is 0 Å². The van der Waals surface area contributed by atoms with E-state index >= 15 is 0 Å². The number of phenolic OH excluding ortho intramolecular Hbond substituents is 1. The van der Waals surface area contributed by atoms with Crippen molar-refractivity contribution in [2.45, 2.75) is 12.5 Å².